The molecule has 0 radical (unpaired) electrons. The molecule has 0 fully saturated rings. The highest BCUT2D eigenvalue weighted by Crippen LogP contribution is 2.22. The number of ether oxygens (including phenoxy) is 2. The van der Waals surface area contributed by atoms with Crippen molar-refractivity contribution in [3.05, 3.63) is 95.0 Å². The molecule has 0 aromatic heterocycles. The van der Waals surface area contributed by atoms with Crippen LogP contribution in [0.5, 0.6) is 11.5 Å². The third-order valence-corrected chi connectivity index (χ3v) is 4.88. The van der Waals surface area contributed by atoms with E-state index in [4.69, 9.17) is 33.3 Å². The van der Waals surface area contributed by atoms with Crippen LogP contribution in [0.25, 0.3) is 0 Å². The topological polar surface area (TPSA) is 88.7 Å². The van der Waals surface area contributed by atoms with E-state index in [-0.39, 0.29) is 11.7 Å². The Kier molecular flexibility index (Phi) is 9.05. The molecule has 3 aromatic rings. The Balaban J connectivity index is 1.45. The predicted octanol–water partition coefficient (Wildman–Crippen LogP) is 3.68. The van der Waals surface area contributed by atoms with Gasteiger partial charge in [0.2, 0.25) is 0 Å². The number of nitrogens with one attached hydrogen (secondary N) is 3. The standard InChI is InChI=1S/C24H22ClN3O4S/c25-19-11-5-7-13-21(19)32-16-22(29)27-28-24(33)26-23(30)18-10-4-6-12-20(18)31-15-14-17-8-2-1-3-9-17/h1-13H,14-16H2,(H,27,29)(H2,26,28,30,33). The first-order valence-corrected chi connectivity index (χ1v) is 10.8. The van der Waals surface area contributed by atoms with Gasteiger partial charge in [0, 0.05) is 6.42 Å². The summed E-state index contributed by atoms with van der Waals surface area (Å²) in [7, 11) is 0. The number of carbonyl (C=O) groups is 2. The minimum atomic E-state index is -0.504. The lowest BCUT2D eigenvalue weighted by Crippen LogP contribution is -2.49. The zero-order chi connectivity index (χ0) is 23.5. The average molecular weight is 484 g/mol. The number of halogens is 1. The first-order valence-electron chi connectivity index (χ1n) is 10.1. The molecule has 9 heteroatoms. The van der Waals surface area contributed by atoms with Crippen molar-refractivity contribution in [3.8, 4) is 11.5 Å². The molecule has 3 rings (SSSR count). The second-order valence-corrected chi connectivity index (χ2v) is 7.57. The number of carbonyl (C=O) groups excluding carboxylic acids is 2. The van der Waals surface area contributed by atoms with Crippen LogP contribution in [0, 0.1) is 0 Å². The van der Waals surface area contributed by atoms with Crippen LogP contribution in [0.1, 0.15) is 15.9 Å². The van der Waals surface area contributed by atoms with Gasteiger partial charge in [-0.1, -0.05) is 66.2 Å². The van der Waals surface area contributed by atoms with Gasteiger partial charge in [0.05, 0.1) is 17.2 Å². The van der Waals surface area contributed by atoms with Crippen molar-refractivity contribution in [2.45, 2.75) is 6.42 Å². The molecule has 0 saturated carbocycles. The molecule has 3 aromatic carbocycles. The molecule has 0 aliphatic heterocycles. The summed E-state index contributed by atoms with van der Waals surface area (Å²) in [4.78, 5) is 24.6. The van der Waals surface area contributed by atoms with Crippen LogP contribution >= 0.6 is 23.8 Å². The molecule has 0 atom stereocenters. The molecular formula is C24H22ClN3O4S. The van der Waals surface area contributed by atoms with Gasteiger partial charge in [-0.15, -0.1) is 0 Å². The maximum absolute atomic E-state index is 12.6. The number of benzene rings is 3. The molecule has 0 spiro atoms. The summed E-state index contributed by atoms with van der Waals surface area (Å²) in [6, 6.07) is 23.6. The highest BCUT2D eigenvalue weighted by molar-refractivity contribution is 7.80. The maximum Gasteiger partial charge on any atom is 0.276 e. The van der Waals surface area contributed by atoms with Gasteiger partial charge in [-0.2, -0.15) is 0 Å². The van der Waals surface area contributed by atoms with Crippen LogP contribution in [0.15, 0.2) is 78.9 Å². The lowest BCUT2D eigenvalue weighted by Gasteiger charge is -2.14. The monoisotopic (exact) mass is 483 g/mol. The van der Waals surface area contributed by atoms with E-state index in [1.54, 1.807) is 48.5 Å². The van der Waals surface area contributed by atoms with E-state index < -0.39 is 11.8 Å². The van der Waals surface area contributed by atoms with E-state index >= 15 is 0 Å². The third kappa shape index (κ3) is 7.78. The minimum Gasteiger partial charge on any atom is -0.492 e. The first-order chi connectivity index (χ1) is 16.0. The van der Waals surface area contributed by atoms with Crippen LogP contribution in [0.4, 0.5) is 0 Å². The second-order valence-electron chi connectivity index (χ2n) is 6.76. The van der Waals surface area contributed by atoms with Crippen LogP contribution < -0.4 is 25.6 Å². The number of hydrazine groups is 1. The summed E-state index contributed by atoms with van der Waals surface area (Å²) in [5.41, 5.74) is 6.28. The van der Waals surface area contributed by atoms with Gasteiger partial charge >= 0.3 is 0 Å². The smallest absolute Gasteiger partial charge is 0.276 e. The lowest BCUT2D eigenvalue weighted by molar-refractivity contribution is -0.123. The zero-order valence-electron chi connectivity index (χ0n) is 17.5. The number of amides is 2. The van der Waals surface area contributed by atoms with Gasteiger partial charge in [0.25, 0.3) is 11.8 Å². The summed E-state index contributed by atoms with van der Waals surface area (Å²) in [5.74, 6) is -0.152. The SMILES string of the molecule is O=C(COc1ccccc1Cl)NNC(=S)NC(=O)c1ccccc1OCCc1ccccc1. The average Bonchev–Trinajstić information content (AvgIpc) is 2.83. The number of thiocarbonyl (C=S) groups is 1. The fourth-order valence-corrected chi connectivity index (χ4v) is 3.11. The van der Waals surface area contributed by atoms with Crippen molar-refractivity contribution in [2.75, 3.05) is 13.2 Å². The molecule has 0 unspecified atom stereocenters. The van der Waals surface area contributed by atoms with Gasteiger partial charge in [-0.05, 0) is 42.0 Å². The Morgan fingerprint density at radius 2 is 1.48 bits per heavy atom. The molecule has 0 aliphatic carbocycles. The summed E-state index contributed by atoms with van der Waals surface area (Å²) < 4.78 is 11.1. The van der Waals surface area contributed by atoms with Gasteiger partial charge in [-0.25, -0.2) is 0 Å². The van der Waals surface area contributed by atoms with Crippen molar-refractivity contribution in [2.24, 2.45) is 0 Å². The number of hydrogen-bond donors (Lipinski definition) is 3. The molecule has 170 valence electrons. The Morgan fingerprint density at radius 1 is 0.818 bits per heavy atom. The van der Waals surface area contributed by atoms with Gasteiger partial charge in [0.1, 0.15) is 11.5 Å². The molecule has 0 bridgehead atoms. The van der Waals surface area contributed by atoms with Crippen LogP contribution in [0.2, 0.25) is 5.02 Å². The highest BCUT2D eigenvalue weighted by atomic mass is 35.5. The number of hydrogen-bond acceptors (Lipinski definition) is 5. The quantitative estimate of drug-likeness (QED) is 0.334. The van der Waals surface area contributed by atoms with E-state index in [1.165, 1.54) is 0 Å². The fraction of sp³-hybridized carbons (Fsp3) is 0.125. The van der Waals surface area contributed by atoms with Crippen LogP contribution in [-0.2, 0) is 11.2 Å². The van der Waals surface area contributed by atoms with E-state index in [1.807, 2.05) is 30.3 Å². The number of rotatable bonds is 8. The molecule has 0 heterocycles. The first kappa shape index (κ1) is 24.0. The molecule has 0 aliphatic rings. The summed E-state index contributed by atoms with van der Waals surface area (Å²) in [6.07, 6.45) is 0.707. The highest BCUT2D eigenvalue weighted by Gasteiger charge is 2.14. The van der Waals surface area contributed by atoms with Gasteiger partial charge in [-0.3, -0.25) is 25.8 Å². The van der Waals surface area contributed by atoms with Gasteiger partial charge < -0.3 is 9.47 Å². The van der Waals surface area contributed by atoms with Gasteiger partial charge in [0.15, 0.2) is 11.7 Å². The Hall–Kier alpha value is -3.62. The van der Waals surface area contributed by atoms with Crippen molar-refractivity contribution in [3.63, 3.8) is 0 Å². The van der Waals surface area contributed by atoms with E-state index in [0.29, 0.717) is 35.1 Å². The minimum absolute atomic E-state index is 0.0785. The van der Waals surface area contributed by atoms with Crippen molar-refractivity contribution >= 4 is 40.7 Å². The number of para-hydroxylation sites is 2. The summed E-state index contributed by atoms with van der Waals surface area (Å²) >= 11 is 11.1. The van der Waals surface area contributed by atoms with Crippen LogP contribution in [0.3, 0.4) is 0 Å². The summed E-state index contributed by atoms with van der Waals surface area (Å²) in [5, 5.41) is 2.82. The molecule has 7 nitrogen and oxygen atoms in total. The summed E-state index contributed by atoms with van der Waals surface area (Å²) in [6.45, 7) is 0.129. The molecule has 3 N–H and O–H groups in total. The van der Waals surface area contributed by atoms with E-state index in [2.05, 4.69) is 16.2 Å². The largest absolute Gasteiger partial charge is 0.492 e. The maximum atomic E-state index is 12.6. The Morgan fingerprint density at radius 3 is 2.24 bits per heavy atom. The lowest BCUT2D eigenvalue weighted by atomic mass is 10.1. The normalized spacial score (nSPS) is 10.1. The Labute approximate surface area is 202 Å². The van der Waals surface area contributed by atoms with Crippen molar-refractivity contribution < 1.29 is 19.1 Å². The molecule has 0 saturated heterocycles. The second kappa shape index (κ2) is 12.4. The molecule has 2 amide bonds. The third-order valence-electron chi connectivity index (χ3n) is 4.36. The van der Waals surface area contributed by atoms with Crippen molar-refractivity contribution in [1.29, 1.82) is 0 Å². The van der Waals surface area contributed by atoms with E-state index in [9.17, 15) is 9.59 Å². The Bertz CT molecular complexity index is 1110. The zero-order valence-corrected chi connectivity index (χ0v) is 19.1. The predicted molar refractivity (Wildman–Crippen MR) is 130 cm³/mol. The van der Waals surface area contributed by atoms with Crippen molar-refractivity contribution in [1.82, 2.24) is 16.2 Å². The molecular weight excluding hydrogens is 462 g/mol. The fourth-order valence-electron chi connectivity index (χ4n) is 2.77. The van der Waals surface area contributed by atoms with Crippen LogP contribution in [-0.4, -0.2) is 30.1 Å². The molecule has 33 heavy (non-hydrogen) atoms. The van der Waals surface area contributed by atoms with E-state index in [0.717, 1.165) is 5.56 Å².